The predicted octanol–water partition coefficient (Wildman–Crippen LogP) is 3.20. The molecule has 1 aliphatic rings. The van der Waals surface area contributed by atoms with E-state index in [0.717, 1.165) is 43.1 Å². The summed E-state index contributed by atoms with van der Waals surface area (Å²) in [5, 5.41) is 9.98. The Morgan fingerprint density at radius 3 is 2.90 bits per heavy atom. The zero-order chi connectivity index (χ0) is 14.7. The van der Waals surface area contributed by atoms with Gasteiger partial charge in [-0.2, -0.15) is 0 Å². The van der Waals surface area contributed by atoms with Gasteiger partial charge in [-0.05, 0) is 49.6 Å². The Hall–Kier alpha value is -1.36. The van der Waals surface area contributed by atoms with Crippen LogP contribution in [-0.2, 0) is 6.54 Å². The zero-order valence-corrected chi connectivity index (χ0v) is 12.6. The summed E-state index contributed by atoms with van der Waals surface area (Å²) in [6, 6.07) is 7.54. The average Bonchev–Trinajstić information content (AvgIpc) is 2.96. The maximum atomic E-state index is 9.27. The molecule has 0 amide bonds. The van der Waals surface area contributed by atoms with Crippen LogP contribution in [0.4, 0.5) is 0 Å². The van der Waals surface area contributed by atoms with E-state index >= 15 is 0 Å². The minimum atomic E-state index is 0.262. The lowest BCUT2D eigenvalue weighted by atomic mass is 9.99. The number of hydrogen-bond acceptors (Lipinski definition) is 4. The van der Waals surface area contributed by atoms with E-state index in [4.69, 9.17) is 16.0 Å². The fourth-order valence-corrected chi connectivity index (χ4v) is 2.89. The van der Waals surface area contributed by atoms with Crippen molar-refractivity contribution in [1.29, 1.82) is 0 Å². The zero-order valence-electron chi connectivity index (χ0n) is 11.8. The molecule has 1 aliphatic heterocycles. The summed E-state index contributed by atoms with van der Waals surface area (Å²) in [7, 11) is 0. The number of aliphatic hydroxyl groups is 1. The van der Waals surface area contributed by atoms with E-state index in [1.165, 1.54) is 0 Å². The number of halogens is 1. The van der Waals surface area contributed by atoms with Crippen molar-refractivity contribution in [3.8, 4) is 11.3 Å². The van der Waals surface area contributed by atoms with Gasteiger partial charge in [0.15, 0.2) is 5.76 Å². The molecule has 112 valence electrons. The van der Waals surface area contributed by atoms with Crippen molar-refractivity contribution in [2.45, 2.75) is 19.4 Å². The number of nitrogens with zero attached hydrogens (tertiary/aromatic N) is 2. The van der Waals surface area contributed by atoms with Gasteiger partial charge in [-0.25, -0.2) is 4.98 Å². The number of aromatic nitrogens is 1. The van der Waals surface area contributed by atoms with Crippen molar-refractivity contribution in [2.24, 2.45) is 5.92 Å². The minimum absolute atomic E-state index is 0.262. The van der Waals surface area contributed by atoms with Crippen molar-refractivity contribution >= 4 is 11.6 Å². The third-order valence-electron chi connectivity index (χ3n) is 3.90. The molecular formula is C16H19ClN2O2. The monoisotopic (exact) mass is 306 g/mol. The van der Waals surface area contributed by atoms with Gasteiger partial charge in [-0.15, -0.1) is 0 Å². The van der Waals surface area contributed by atoms with Gasteiger partial charge in [0, 0.05) is 23.7 Å². The lowest BCUT2D eigenvalue weighted by molar-refractivity contribution is 0.109. The van der Waals surface area contributed by atoms with E-state index in [2.05, 4.69) is 9.88 Å². The summed E-state index contributed by atoms with van der Waals surface area (Å²) in [5.41, 5.74) is 0.977. The van der Waals surface area contributed by atoms with Crippen LogP contribution in [0.15, 0.2) is 34.9 Å². The Balaban J connectivity index is 1.66. The second kappa shape index (κ2) is 6.60. The second-order valence-electron chi connectivity index (χ2n) is 5.55. The van der Waals surface area contributed by atoms with Crippen molar-refractivity contribution in [3.63, 3.8) is 0 Å². The smallest absolute Gasteiger partial charge is 0.209 e. The largest absolute Gasteiger partial charge is 0.439 e. The fourth-order valence-electron chi connectivity index (χ4n) is 2.77. The highest BCUT2D eigenvalue weighted by Crippen LogP contribution is 2.24. The molecule has 2 aromatic rings. The molecule has 1 aromatic heterocycles. The van der Waals surface area contributed by atoms with Crippen LogP contribution in [0, 0.1) is 5.92 Å². The molecule has 2 heterocycles. The van der Waals surface area contributed by atoms with Crippen molar-refractivity contribution in [2.75, 3.05) is 19.7 Å². The quantitative estimate of drug-likeness (QED) is 0.942. The first-order chi connectivity index (χ1) is 10.2. The van der Waals surface area contributed by atoms with Gasteiger partial charge < -0.3 is 9.52 Å². The van der Waals surface area contributed by atoms with Crippen LogP contribution >= 0.6 is 11.6 Å². The number of hydrogen-bond donors (Lipinski definition) is 1. The predicted molar refractivity (Wildman–Crippen MR) is 82.0 cm³/mol. The van der Waals surface area contributed by atoms with Crippen molar-refractivity contribution in [3.05, 3.63) is 41.4 Å². The highest BCUT2D eigenvalue weighted by Gasteiger charge is 2.20. The fraction of sp³-hybridized carbons (Fsp3) is 0.438. The Morgan fingerprint density at radius 1 is 1.33 bits per heavy atom. The molecule has 0 saturated carbocycles. The van der Waals surface area contributed by atoms with E-state index in [1.807, 2.05) is 24.3 Å². The lowest BCUT2D eigenvalue weighted by Crippen LogP contribution is -2.36. The van der Waals surface area contributed by atoms with E-state index in [1.54, 1.807) is 6.20 Å². The molecule has 5 heteroatoms. The van der Waals surface area contributed by atoms with Gasteiger partial charge in [0.2, 0.25) is 5.89 Å². The molecule has 0 aliphatic carbocycles. The molecule has 4 nitrogen and oxygen atoms in total. The molecule has 21 heavy (non-hydrogen) atoms. The van der Waals surface area contributed by atoms with Crippen LogP contribution in [0.25, 0.3) is 11.3 Å². The number of oxazole rings is 1. The number of benzene rings is 1. The van der Waals surface area contributed by atoms with E-state index < -0.39 is 0 Å². The van der Waals surface area contributed by atoms with Gasteiger partial charge in [0.25, 0.3) is 0 Å². The molecule has 1 N–H and O–H groups in total. The van der Waals surface area contributed by atoms with Gasteiger partial charge in [0.05, 0.1) is 12.7 Å². The lowest BCUT2D eigenvalue weighted by Gasteiger charge is -2.30. The molecule has 1 fully saturated rings. The standard InChI is InChI=1S/C16H19ClN2O2/c17-14-5-3-13(4-6-14)15-8-18-16(21-15)10-19-7-1-2-12(9-19)11-20/h3-6,8,12,20H,1-2,7,9-11H2/t12-/m1/s1. The van der Waals surface area contributed by atoms with Gasteiger partial charge in [-0.1, -0.05) is 11.6 Å². The van der Waals surface area contributed by atoms with Gasteiger partial charge in [0.1, 0.15) is 0 Å². The number of piperidine rings is 1. The summed E-state index contributed by atoms with van der Waals surface area (Å²) in [6.45, 7) is 2.91. The summed E-state index contributed by atoms with van der Waals surface area (Å²) in [6.07, 6.45) is 3.98. The summed E-state index contributed by atoms with van der Waals surface area (Å²) < 4.78 is 5.82. The van der Waals surface area contributed by atoms with Crippen LogP contribution < -0.4 is 0 Å². The summed E-state index contributed by atoms with van der Waals surface area (Å²) >= 11 is 5.89. The van der Waals surface area contributed by atoms with Crippen LogP contribution in [0.1, 0.15) is 18.7 Å². The van der Waals surface area contributed by atoms with E-state index in [0.29, 0.717) is 17.5 Å². The van der Waals surface area contributed by atoms with Crippen LogP contribution in [0.3, 0.4) is 0 Å². The maximum Gasteiger partial charge on any atom is 0.209 e. The molecule has 0 radical (unpaired) electrons. The molecule has 1 saturated heterocycles. The van der Waals surface area contributed by atoms with E-state index in [9.17, 15) is 5.11 Å². The molecular weight excluding hydrogens is 288 g/mol. The van der Waals surface area contributed by atoms with Gasteiger partial charge >= 0.3 is 0 Å². The molecule has 0 bridgehead atoms. The number of likely N-dealkylation sites (tertiary alicyclic amines) is 1. The van der Waals surface area contributed by atoms with Gasteiger partial charge in [-0.3, -0.25) is 4.90 Å². The molecule has 1 atom stereocenters. The molecule has 0 unspecified atom stereocenters. The Morgan fingerprint density at radius 2 is 2.14 bits per heavy atom. The first-order valence-corrected chi connectivity index (χ1v) is 7.66. The third-order valence-corrected chi connectivity index (χ3v) is 4.15. The summed E-state index contributed by atoms with van der Waals surface area (Å²) in [5.74, 6) is 1.86. The average molecular weight is 307 g/mol. The number of rotatable bonds is 4. The maximum absolute atomic E-state index is 9.27. The van der Waals surface area contributed by atoms with Crippen molar-refractivity contribution < 1.29 is 9.52 Å². The Kier molecular flexibility index (Phi) is 4.58. The molecule has 0 spiro atoms. The second-order valence-corrected chi connectivity index (χ2v) is 5.99. The van der Waals surface area contributed by atoms with Crippen LogP contribution in [-0.4, -0.2) is 34.7 Å². The Labute approximate surface area is 129 Å². The highest BCUT2D eigenvalue weighted by molar-refractivity contribution is 6.30. The first-order valence-electron chi connectivity index (χ1n) is 7.28. The molecule has 1 aromatic carbocycles. The first kappa shape index (κ1) is 14.6. The molecule has 3 rings (SSSR count). The normalized spacial score (nSPS) is 19.8. The SMILES string of the molecule is OC[C@@H]1CCCN(Cc2ncc(-c3ccc(Cl)cc3)o2)C1. The number of aliphatic hydroxyl groups excluding tert-OH is 1. The third kappa shape index (κ3) is 3.64. The summed E-state index contributed by atoms with van der Waals surface area (Å²) in [4.78, 5) is 6.65. The minimum Gasteiger partial charge on any atom is -0.439 e. The van der Waals surface area contributed by atoms with Crippen LogP contribution in [0.2, 0.25) is 5.02 Å². The van der Waals surface area contributed by atoms with Crippen molar-refractivity contribution in [1.82, 2.24) is 9.88 Å². The topological polar surface area (TPSA) is 49.5 Å². The Bertz CT molecular complexity index is 582. The van der Waals surface area contributed by atoms with E-state index in [-0.39, 0.29) is 6.61 Å². The highest BCUT2D eigenvalue weighted by atomic mass is 35.5. The van der Waals surface area contributed by atoms with Crippen LogP contribution in [0.5, 0.6) is 0 Å².